The summed E-state index contributed by atoms with van der Waals surface area (Å²) in [5.74, 6) is 0.859. The van der Waals surface area contributed by atoms with E-state index < -0.39 is 0 Å². The van der Waals surface area contributed by atoms with Crippen LogP contribution in [0.1, 0.15) is 17.4 Å². The molecule has 1 aromatic heterocycles. The van der Waals surface area contributed by atoms with Crippen molar-refractivity contribution in [3.63, 3.8) is 0 Å². The van der Waals surface area contributed by atoms with E-state index in [1.165, 1.54) is 0 Å². The second-order valence-electron chi connectivity index (χ2n) is 4.72. The summed E-state index contributed by atoms with van der Waals surface area (Å²) >= 11 is 13.1. The van der Waals surface area contributed by atoms with Gasteiger partial charge in [0.05, 0.1) is 6.04 Å². The summed E-state index contributed by atoms with van der Waals surface area (Å²) in [6, 6.07) is 13.7. The minimum atomic E-state index is -0.0290. The van der Waals surface area contributed by atoms with Gasteiger partial charge < -0.3 is 9.73 Å². The summed E-state index contributed by atoms with van der Waals surface area (Å²) in [4.78, 5) is 0. The number of rotatable bonds is 3. The van der Waals surface area contributed by atoms with Gasteiger partial charge in [-0.3, -0.25) is 0 Å². The molecule has 0 amide bonds. The summed E-state index contributed by atoms with van der Waals surface area (Å²) < 4.78 is 8.02. The average molecular weight is 430 g/mol. The molecule has 21 heavy (non-hydrogen) atoms. The van der Waals surface area contributed by atoms with E-state index in [1.54, 1.807) is 0 Å². The lowest BCUT2D eigenvalue weighted by molar-refractivity contribution is 0.491. The number of hydrogen-bond acceptors (Lipinski definition) is 2. The third kappa shape index (κ3) is 3.04. The Morgan fingerprint density at radius 2 is 1.90 bits per heavy atom. The van der Waals surface area contributed by atoms with Crippen molar-refractivity contribution in [3.05, 3.63) is 67.8 Å². The van der Waals surface area contributed by atoms with Crippen LogP contribution >= 0.6 is 43.5 Å². The van der Waals surface area contributed by atoms with Gasteiger partial charge in [-0.2, -0.15) is 0 Å². The second kappa shape index (κ2) is 6.13. The smallest absolute Gasteiger partial charge is 0.134 e. The Balaban J connectivity index is 2.09. The van der Waals surface area contributed by atoms with Crippen LogP contribution in [0.2, 0.25) is 5.02 Å². The summed E-state index contributed by atoms with van der Waals surface area (Å²) in [5, 5.41) is 5.01. The monoisotopic (exact) mass is 427 g/mol. The maximum Gasteiger partial charge on any atom is 0.134 e. The molecule has 1 unspecified atom stereocenters. The molecule has 1 N–H and O–H groups in total. The van der Waals surface area contributed by atoms with Gasteiger partial charge in [0.2, 0.25) is 0 Å². The van der Waals surface area contributed by atoms with E-state index in [0.29, 0.717) is 5.02 Å². The van der Waals surface area contributed by atoms with E-state index in [9.17, 15) is 0 Å². The fraction of sp³-hybridized carbons (Fsp3) is 0.125. The quantitative estimate of drug-likeness (QED) is 0.559. The van der Waals surface area contributed by atoms with E-state index in [2.05, 4.69) is 43.2 Å². The first-order valence-corrected chi connectivity index (χ1v) is 8.36. The molecule has 2 nitrogen and oxygen atoms in total. The molecular weight excluding hydrogens is 417 g/mol. The molecule has 108 valence electrons. The van der Waals surface area contributed by atoms with Crippen LogP contribution in [0, 0.1) is 0 Å². The molecule has 3 aromatic rings. The molecule has 1 atom stereocenters. The van der Waals surface area contributed by atoms with Crippen molar-refractivity contribution >= 4 is 54.4 Å². The number of fused-ring (bicyclic) bond motifs is 1. The molecule has 0 spiro atoms. The number of hydrogen-bond donors (Lipinski definition) is 1. The minimum absolute atomic E-state index is 0.0290. The standard InChI is InChI=1S/C16H12Br2ClNO/c1-20-16(12-4-2-10(17)8-13(12)18)15-7-9-6-11(19)3-5-14(9)21-15/h2-8,16,20H,1H3. The molecule has 0 saturated heterocycles. The molecule has 0 fully saturated rings. The van der Waals surface area contributed by atoms with Gasteiger partial charge in [-0.05, 0) is 49.0 Å². The number of benzene rings is 2. The number of furan rings is 1. The molecule has 0 aliphatic heterocycles. The largest absolute Gasteiger partial charge is 0.459 e. The van der Waals surface area contributed by atoms with Gasteiger partial charge in [-0.25, -0.2) is 0 Å². The van der Waals surface area contributed by atoms with Crippen LogP contribution in [0.25, 0.3) is 11.0 Å². The highest BCUT2D eigenvalue weighted by atomic mass is 79.9. The lowest BCUT2D eigenvalue weighted by atomic mass is 10.0. The Bertz CT molecular complexity index is 800. The molecule has 0 bridgehead atoms. The third-order valence-electron chi connectivity index (χ3n) is 3.34. The summed E-state index contributed by atoms with van der Waals surface area (Å²) in [6.07, 6.45) is 0. The normalized spacial score (nSPS) is 12.8. The average Bonchev–Trinajstić information content (AvgIpc) is 2.84. The van der Waals surface area contributed by atoms with Crippen molar-refractivity contribution in [1.29, 1.82) is 0 Å². The molecule has 0 saturated carbocycles. The van der Waals surface area contributed by atoms with Gasteiger partial charge >= 0.3 is 0 Å². The SMILES string of the molecule is CNC(c1cc2cc(Cl)ccc2o1)c1ccc(Br)cc1Br. The van der Waals surface area contributed by atoms with Crippen LogP contribution in [-0.2, 0) is 0 Å². The van der Waals surface area contributed by atoms with Crippen LogP contribution in [0.5, 0.6) is 0 Å². The summed E-state index contributed by atoms with van der Waals surface area (Å²) in [5.41, 5.74) is 1.95. The molecular formula is C16H12Br2ClNO. The first-order valence-electron chi connectivity index (χ1n) is 6.39. The van der Waals surface area contributed by atoms with E-state index in [-0.39, 0.29) is 6.04 Å². The Morgan fingerprint density at radius 3 is 2.62 bits per heavy atom. The van der Waals surface area contributed by atoms with E-state index in [1.807, 2.05) is 43.4 Å². The summed E-state index contributed by atoms with van der Waals surface area (Å²) in [6.45, 7) is 0. The molecule has 5 heteroatoms. The Morgan fingerprint density at radius 1 is 1.10 bits per heavy atom. The van der Waals surface area contributed by atoms with Gasteiger partial charge in [0.15, 0.2) is 0 Å². The second-order valence-corrected chi connectivity index (χ2v) is 6.92. The number of halogens is 3. The molecule has 0 aliphatic rings. The fourth-order valence-electron chi connectivity index (χ4n) is 2.36. The van der Waals surface area contributed by atoms with Crippen LogP contribution in [-0.4, -0.2) is 7.05 Å². The molecule has 2 aromatic carbocycles. The topological polar surface area (TPSA) is 25.2 Å². The highest BCUT2D eigenvalue weighted by molar-refractivity contribution is 9.11. The molecule has 3 rings (SSSR count). The van der Waals surface area contributed by atoms with Gasteiger partial charge in [-0.15, -0.1) is 0 Å². The van der Waals surface area contributed by atoms with Crippen LogP contribution in [0.15, 0.2) is 55.8 Å². The molecule has 1 heterocycles. The van der Waals surface area contributed by atoms with E-state index in [0.717, 1.165) is 31.2 Å². The Kier molecular flexibility index (Phi) is 4.41. The first kappa shape index (κ1) is 15.1. The molecule has 0 radical (unpaired) electrons. The zero-order valence-corrected chi connectivity index (χ0v) is 15.1. The van der Waals surface area contributed by atoms with Crippen molar-refractivity contribution in [2.24, 2.45) is 0 Å². The zero-order chi connectivity index (χ0) is 15.0. The number of nitrogens with one attached hydrogen (secondary N) is 1. The third-order valence-corrected chi connectivity index (χ3v) is 4.76. The van der Waals surface area contributed by atoms with Crippen molar-refractivity contribution < 1.29 is 4.42 Å². The maximum absolute atomic E-state index is 6.03. The highest BCUT2D eigenvalue weighted by Crippen LogP contribution is 2.34. The zero-order valence-electron chi connectivity index (χ0n) is 11.2. The maximum atomic E-state index is 6.03. The van der Waals surface area contributed by atoms with E-state index >= 15 is 0 Å². The van der Waals surface area contributed by atoms with Gasteiger partial charge in [0.1, 0.15) is 11.3 Å². The Labute approximate surface area is 144 Å². The predicted molar refractivity (Wildman–Crippen MR) is 94.0 cm³/mol. The van der Waals surface area contributed by atoms with Crippen molar-refractivity contribution in [3.8, 4) is 0 Å². The first-order chi connectivity index (χ1) is 10.1. The van der Waals surface area contributed by atoms with Gasteiger partial charge in [0, 0.05) is 19.4 Å². The van der Waals surface area contributed by atoms with Crippen molar-refractivity contribution in [1.82, 2.24) is 5.32 Å². The van der Waals surface area contributed by atoms with Gasteiger partial charge in [0.25, 0.3) is 0 Å². The van der Waals surface area contributed by atoms with Crippen LogP contribution in [0.4, 0.5) is 0 Å². The van der Waals surface area contributed by atoms with Crippen LogP contribution in [0.3, 0.4) is 0 Å². The predicted octanol–water partition coefficient (Wildman–Crippen LogP) is 5.92. The fourth-order valence-corrected chi connectivity index (χ4v) is 3.82. The van der Waals surface area contributed by atoms with Crippen molar-refractivity contribution in [2.45, 2.75) is 6.04 Å². The lowest BCUT2D eigenvalue weighted by Crippen LogP contribution is -2.17. The van der Waals surface area contributed by atoms with Gasteiger partial charge in [-0.1, -0.05) is 49.5 Å². The minimum Gasteiger partial charge on any atom is -0.459 e. The van der Waals surface area contributed by atoms with E-state index in [4.69, 9.17) is 16.0 Å². The molecule has 0 aliphatic carbocycles. The lowest BCUT2D eigenvalue weighted by Gasteiger charge is -2.16. The van der Waals surface area contributed by atoms with Crippen molar-refractivity contribution in [2.75, 3.05) is 7.05 Å². The Hall–Kier alpha value is -0.810. The van der Waals surface area contributed by atoms with Crippen LogP contribution < -0.4 is 5.32 Å². The summed E-state index contributed by atoms with van der Waals surface area (Å²) in [7, 11) is 1.92. The highest BCUT2D eigenvalue weighted by Gasteiger charge is 2.19.